The third kappa shape index (κ3) is 5.78. The number of hydrazone groups is 1. The number of benzene rings is 2. The lowest BCUT2D eigenvalue weighted by Gasteiger charge is -2.11. The van der Waals surface area contributed by atoms with Crippen molar-refractivity contribution in [3.8, 4) is 0 Å². The van der Waals surface area contributed by atoms with Gasteiger partial charge in [0.05, 0.1) is 11.9 Å². The SMILES string of the molecule is Cc1ccc(C)c(Cn2cccc2C=NNC(=S)Nc2ccc(C(C)C)cc2)c1. The minimum atomic E-state index is 0.464. The van der Waals surface area contributed by atoms with Crippen LogP contribution in [0.4, 0.5) is 5.69 Å². The lowest BCUT2D eigenvalue weighted by atomic mass is 10.0. The Kier molecular flexibility index (Phi) is 6.83. The van der Waals surface area contributed by atoms with Crippen molar-refractivity contribution in [2.24, 2.45) is 5.10 Å². The van der Waals surface area contributed by atoms with Crippen molar-refractivity contribution in [3.05, 3.63) is 88.7 Å². The van der Waals surface area contributed by atoms with E-state index in [1.807, 2.05) is 24.3 Å². The first-order valence-electron chi connectivity index (χ1n) is 9.83. The molecule has 0 saturated carbocycles. The molecule has 5 heteroatoms. The summed E-state index contributed by atoms with van der Waals surface area (Å²) in [6.07, 6.45) is 3.86. The van der Waals surface area contributed by atoms with Gasteiger partial charge in [0.2, 0.25) is 0 Å². The summed E-state index contributed by atoms with van der Waals surface area (Å²) >= 11 is 5.34. The van der Waals surface area contributed by atoms with Gasteiger partial charge in [-0.1, -0.05) is 49.7 Å². The quantitative estimate of drug-likeness (QED) is 0.319. The van der Waals surface area contributed by atoms with E-state index < -0.39 is 0 Å². The Balaban J connectivity index is 1.59. The van der Waals surface area contributed by atoms with Crippen molar-refractivity contribution in [1.29, 1.82) is 0 Å². The van der Waals surface area contributed by atoms with Crippen LogP contribution in [-0.4, -0.2) is 15.9 Å². The molecule has 0 radical (unpaired) electrons. The molecule has 3 rings (SSSR count). The van der Waals surface area contributed by atoms with E-state index in [1.165, 1.54) is 22.3 Å². The molecule has 0 unspecified atom stereocenters. The maximum Gasteiger partial charge on any atom is 0.191 e. The van der Waals surface area contributed by atoms with Crippen molar-refractivity contribution in [2.45, 2.75) is 40.2 Å². The van der Waals surface area contributed by atoms with Gasteiger partial charge in [-0.05, 0) is 72.9 Å². The summed E-state index contributed by atoms with van der Waals surface area (Å²) in [5, 5.41) is 7.92. The number of aryl methyl sites for hydroxylation is 2. The second kappa shape index (κ2) is 9.52. The van der Waals surface area contributed by atoms with E-state index in [2.05, 4.69) is 84.6 Å². The Morgan fingerprint density at radius 1 is 1.10 bits per heavy atom. The second-order valence-electron chi connectivity index (χ2n) is 7.59. The highest BCUT2D eigenvalue weighted by molar-refractivity contribution is 7.80. The van der Waals surface area contributed by atoms with Crippen molar-refractivity contribution >= 4 is 29.2 Å². The Morgan fingerprint density at radius 2 is 1.86 bits per heavy atom. The van der Waals surface area contributed by atoms with Crippen molar-refractivity contribution in [1.82, 2.24) is 9.99 Å². The summed E-state index contributed by atoms with van der Waals surface area (Å²) in [4.78, 5) is 0. The molecule has 4 nitrogen and oxygen atoms in total. The van der Waals surface area contributed by atoms with E-state index in [9.17, 15) is 0 Å². The highest BCUT2D eigenvalue weighted by Gasteiger charge is 2.04. The number of nitrogens with one attached hydrogen (secondary N) is 2. The Labute approximate surface area is 178 Å². The predicted molar refractivity (Wildman–Crippen MR) is 127 cm³/mol. The van der Waals surface area contributed by atoms with Crippen LogP contribution in [0.5, 0.6) is 0 Å². The molecule has 0 saturated heterocycles. The largest absolute Gasteiger partial charge is 0.342 e. The van der Waals surface area contributed by atoms with Gasteiger partial charge in [0.1, 0.15) is 0 Å². The number of hydrogen-bond acceptors (Lipinski definition) is 2. The third-order valence-electron chi connectivity index (χ3n) is 4.91. The average molecular weight is 405 g/mol. The van der Waals surface area contributed by atoms with Crippen LogP contribution in [0.3, 0.4) is 0 Å². The van der Waals surface area contributed by atoms with E-state index in [1.54, 1.807) is 6.21 Å². The molecule has 0 aliphatic heterocycles. The first kappa shape index (κ1) is 20.8. The van der Waals surface area contributed by atoms with Crippen LogP contribution in [0.2, 0.25) is 0 Å². The third-order valence-corrected chi connectivity index (χ3v) is 5.10. The van der Waals surface area contributed by atoms with Crippen LogP contribution in [0.15, 0.2) is 65.9 Å². The van der Waals surface area contributed by atoms with E-state index in [4.69, 9.17) is 12.2 Å². The fourth-order valence-corrected chi connectivity index (χ4v) is 3.28. The van der Waals surface area contributed by atoms with Gasteiger partial charge in [-0.25, -0.2) is 0 Å². The van der Waals surface area contributed by atoms with Crippen LogP contribution < -0.4 is 10.7 Å². The van der Waals surface area contributed by atoms with E-state index in [-0.39, 0.29) is 0 Å². The summed E-state index contributed by atoms with van der Waals surface area (Å²) in [5.41, 5.74) is 10.0. The zero-order chi connectivity index (χ0) is 20.8. The first-order chi connectivity index (χ1) is 13.9. The number of nitrogens with zero attached hydrogens (tertiary/aromatic N) is 2. The molecule has 150 valence electrons. The molecule has 0 aliphatic carbocycles. The molecular formula is C24H28N4S. The molecule has 0 atom stereocenters. The smallest absolute Gasteiger partial charge is 0.191 e. The lowest BCUT2D eigenvalue weighted by Crippen LogP contribution is -2.24. The molecule has 2 aromatic carbocycles. The van der Waals surface area contributed by atoms with Gasteiger partial charge in [-0.15, -0.1) is 0 Å². The average Bonchev–Trinajstić information content (AvgIpc) is 3.12. The normalized spacial score (nSPS) is 11.2. The van der Waals surface area contributed by atoms with Crippen molar-refractivity contribution < 1.29 is 0 Å². The molecule has 1 aromatic heterocycles. The maximum atomic E-state index is 5.34. The van der Waals surface area contributed by atoms with E-state index in [0.717, 1.165) is 17.9 Å². The van der Waals surface area contributed by atoms with Crippen LogP contribution in [0.25, 0.3) is 0 Å². The molecule has 2 N–H and O–H groups in total. The fourth-order valence-electron chi connectivity index (χ4n) is 3.11. The first-order valence-corrected chi connectivity index (χ1v) is 10.2. The van der Waals surface area contributed by atoms with Crippen LogP contribution in [0.1, 0.15) is 47.7 Å². The molecule has 0 fully saturated rings. The Hall–Kier alpha value is -2.92. The van der Waals surface area contributed by atoms with Gasteiger partial charge in [0.25, 0.3) is 0 Å². The molecule has 29 heavy (non-hydrogen) atoms. The minimum Gasteiger partial charge on any atom is -0.342 e. The minimum absolute atomic E-state index is 0.464. The number of rotatable bonds is 6. The van der Waals surface area contributed by atoms with Gasteiger partial charge < -0.3 is 9.88 Å². The number of aromatic nitrogens is 1. The van der Waals surface area contributed by atoms with Crippen LogP contribution in [0, 0.1) is 13.8 Å². The van der Waals surface area contributed by atoms with Gasteiger partial charge in [0, 0.05) is 18.4 Å². The summed E-state index contributed by atoms with van der Waals surface area (Å²) < 4.78 is 2.17. The topological polar surface area (TPSA) is 41.4 Å². The summed E-state index contributed by atoms with van der Waals surface area (Å²) in [5.74, 6) is 0.513. The number of hydrogen-bond donors (Lipinski definition) is 2. The second-order valence-corrected chi connectivity index (χ2v) is 8.00. The molecule has 0 amide bonds. The number of anilines is 1. The van der Waals surface area contributed by atoms with Gasteiger partial charge in [-0.3, -0.25) is 5.43 Å². The van der Waals surface area contributed by atoms with Crippen molar-refractivity contribution in [2.75, 3.05) is 5.32 Å². The molecule has 1 heterocycles. The highest BCUT2D eigenvalue weighted by Crippen LogP contribution is 2.17. The number of thiocarbonyl (C=S) groups is 1. The zero-order valence-corrected chi connectivity index (χ0v) is 18.3. The van der Waals surface area contributed by atoms with E-state index >= 15 is 0 Å². The standard InChI is InChI=1S/C24H28N4S/c1-17(2)20-9-11-22(12-10-20)26-24(29)27-25-15-23-6-5-13-28(23)16-21-14-18(3)7-8-19(21)4/h5-15,17H,16H2,1-4H3,(H2,26,27,29). The zero-order valence-electron chi connectivity index (χ0n) is 17.4. The monoisotopic (exact) mass is 404 g/mol. The molecular weight excluding hydrogens is 376 g/mol. The van der Waals surface area contributed by atoms with Gasteiger partial charge in [0.15, 0.2) is 5.11 Å². The molecule has 3 aromatic rings. The Morgan fingerprint density at radius 3 is 2.59 bits per heavy atom. The molecule has 0 spiro atoms. The van der Waals surface area contributed by atoms with Crippen molar-refractivity contribution in [3.63, 3.8) is 0 Å². The van der Waals surface area contributed by atoms with Gasteiger partial charge in [-0.2, -0.15) is 5.10 Å². The molecule has 0 bridgehead atoms. The highest BCUT2D eigenvalue weighted by atomic mass is 32.1. The summed E-state index contributed by atoms with van der Waals surface area (Å²) in [6, 6.07) is 18.9. The van der Waals surface area contributed by atoms with Crippen LogP contribution >= 0.6 is 12.2 Å². The molecule has 0 aliphatic rings. The lowest BCUT2D eigenvalue weighted by molar-refractivity contribution is 0.793. The maximum absolute atomic E-state index is 5.34. The predicted octanol–water partition coefficient (Wildman–Crippen LogP) is 5.60. The van der Waals surface area contributed by atoms with Crippen LogP contribution in [-0.2, 0) is 6.54 Å². The summed E-state index contributed by atoms with van der Waals surface area (Å²) in [6.45, 7) is 9.44. The van der Waals surface area contributed by atoms with Gasteiger partial charge >= 0.3 is 0 Å². The Bertz CT molecular complexity index is 1000. The fraction of sp³-hybridized carbons (Fsp3) is 0.250. The summed E-state index contributed by atoms with van der Waals surface area (Å²) in [7, 11) is 0. The van der Waals surface area contributed by atoms with E-state index in [0.29, 0.717) is 11.0 Å².